The fourth-order valence-corrected chi connectivity index (χ4v) is 3.07. The number of amides is 1. The van der Waals surface area contributed by atoms with E-state index in [-0.39, 0.29) is 12.5 Å². The summed E-state index contributed by atoms with van der Waals surface area (Å²) in [5, 5.41) is 11.9. The van der Waals surface area contributed by atoms with Crippen molar-refractivity contribution in [3.63, 3.8) is 0 Å². The maximum absolute atomic E-state index is 11.8. The summed E-state index contributed by atoms with van der Waals surface area (Å²) >= 11 is 1.69. The molecule has 2 aromatic rings. The van der Waals surface area contributed by atoms with Crippen LogP contribution in [-0.2, 0) is 10.5 Å². The lowest BCUT2D eigenvalue weighted by Crippen LogP contribution is -2.30. The van der Waals surface area contributed by atoms with Gasteiger partial charge in [-0.2, -0.15) is 17.0 Å². The first-order chi connectivity index (χ1) is 12.1. The zero-order valence-corrected chi connectivity index (χ0v) is 15.4. The maximum Gasteiger partial charge on any atom is 0.257 e. The molecule has 1 amide bonds. The number of hydrogen-bond acceptors (Lipinski definition) is 4. The summed E-state index contributed by atoms with van der Waals surface area (Å²) in [6, 6.07) is 15.6. The van der Waals surface area contributed by atoms with Crippen molar-refractivity contribution in [3.05, 3.63) is 64.7 Å². The zero-order valence-electron chi connectivity index (χ0n) is 14.5. The molecule has 0 aliphatic heterocycles. The fraction of sp³-hybridized carbons (Fsp3) is 0.300. The number of nitrogens with one attached hydrogen (secondary N) is 1. The highest BCUT2D eigenvalue weighted by atomic mass is 32.2. The molecule has 0 aromatic heterocycles. The average Bonchev–Trinajstić information content (AvgIpc) is 2.62. The lowest BCUT2D eigenvalue weighted by molar-refractivity contribution is -0.122. The van der Waals surface area contributed by atoms with Gasteiger partial charge in [0.25, 0.3) is 5.91 Å². The molecule has 0 aliphatic rings. The van der Waals surface area contributed by atoms with Crippen LogP contribution in [0.5, 0.6) is 5.75 Å². The van der Waals surface area contributed by atoms with Gasteiger partial charge in [-0.3, -0.25) is 4.79 Å². The van der Waals surface area contributed by atoms with Gasteiger partial charge in [0.15, 0.2) is 6.61 Å². The normalized spacial score (nSPS) is 10.1. The van der Waals surface area contributed by atoms with Crippen LogP contribution in [0.2, 0.25) is 0 Å². The largest absolute Gasteiger partial charge is 0.484 e. The summed E-state index contributed by atoms with van der Waals surface area (Å²) in [5.41, 5.74) is 4.08. The van der Waals surface area contributed by atoms with E-state index in [1.807, 2.05) is 56.3 Å². The first kappa shape index (κ1) is 18.9. The van der Waals surface area contributed by atoms with Crippen molar-refractivity contribution in [2.24, 2.45) is 0 Å². The van der Waals surface area contributed by atoms with Crippen molar-refractivity contribution in [1.29, 1.82) is 5.26 Å². The number of nitriles is 1. The molecule has 0 bridgehead atoms. The van der Waals surface area contributed by atoms with Crippen molar-refractivity contribution < 1.29 is 9.53 Å². The van der Waals surface area contributed by atoms with Crippen LogP contribution in [0.1, 0.15) is 22.3 Å². The molecule has 0 saturated carbocycles. The van der Waals surface area contributed by atoms with E-state index in [9.17, 15) is 4.79 Å². The predicted molar refractivity (Wildman–Crippen MR) is 102 cm³/mol. The first-order valence-corrected chi connectivity index (χ1v) is 9.28. The molecule has 25 heavy (non-hydrogen) atoms. The average molecular weight is 354 g/mol. The highest BCUT2D eigenvalue weighted by Gasteiger charge is 2.04. The van der Waals surface area contributed by atoms with Gasteiger partial charge in [-0.15, -0.1) is 0 Å². The Hall–Kier alpha value is -2.45. The lowest BCUT2D eigenvalue weighted by atomic mass is 10.1. The SMILES string of the molecule is Cc1ccc(OCC(=O)NCCSCc2ccccc2C#N)cc1C. The third kappa shape index (κ3) is 6.17. The van der Waals surface area contributed by atoms with Gasteiger partial charge >= 0.3 is 0 Å². The van der Waals surface area contributed by atoms with Crippen LogP contribution in [0.3, 0.4) is 0 Å². The number of rotatable bonds is 8. The van der Waals surface area contributed by atoms with Gasteiger partial charge in [0, 0.05) is 18.1 Å². The monoisotopic (exact) mass is 354 g/mol. The lowest BCUT2D eigenvalue weighted by Gasteiger charge is -2.09. The van der Waals surface area contributed by atoms with E-state index in [4.69, 9.17) is 10.00 Å². The fourth-order valence-electron chi connectivity index (χ4n) is 2.20. The first-order valence-electron chi connectivity index (χ1n) is 8.12. The van der Waals surface area contributed by atoms with Crippen molar-refractivity contribution in [1.82, 2.24) is 5.32 Å². The highest BCUT2D eigenvalue weighted by molar-refractivity contribution is 7.98. The Morgan fingerprint density at radius 1 is 1.20 bits per heavy atom. The summed E-state index contributed by atoms with van der Waals surface area (Å²) in [7, 11) is 0. The van der Waals surface area contributed by atoms with Crippen LogP contribution in [0.25, 0.3) is 0 Å². The van der Waals surface area contributed by atoms with Crippen LogP contribution < -0.4 is 10.1 Å². The maximum atomic E-state index is 11.8. The van der Waals surface area contributed by atoms with Crippen LogP contribution in [0.4, 0.5) is 0 Å². The number of carbonyl (C=O) groups excluding carboxylic acids is 1. The van der Waals surface area contributed by atoms with Crippen molar-refractivity contribution in [2.75, 3.05) is 18.9 Å². The second-order valence-corrected chi connectivity index (χ2v) is 6.81. The summed E-state index contributed by atoms with van der Waals surface area (Å²) in [6.45, 7) is 4.65. The number of carbonyl (C=O) groups is 1. The molecular formula is C20H22N2O2S. The van der Waals surface area contributed by atoms with Crippen molar-refractivity contribution in [3.8, 4) is 11.8 Å². The van der Waals surface area contributed by atoms with Crippen LogP contribution >= 0.6 is 11.8 Å². The number of ether oxygens (including phenoxy) is 1. The van der Waals surface area contributed by atoms with Gasteiger partial charge in [0.2, 0.25) is 0 Å². The molecule has 2 aromatic carbocycles. The van der Waals surface area contributed by atoms with Crippen LogP contribution in [0, 0.1) is 25.2 Å². The minimum atomic E-state index is -0.128. The summed E-state index contributed by atoms with van der Waals surface area (Å²) in [6.07, 6.45) is 0. The Morgan fingerprint density at radius 3 is 2.76 bits per heavy atom. The van der Waals surface area contributed by atoms with Gasteiger partial charge in [0.05, 0.1) is 11.6 Å². The Kier molecular flexibility index (Phi) is 7.36. The quantitative estimate of drug-likeness (QED) is 0.736. The van der Waals surface area contributed by atoms with E-state index in [1.54, 1.807) is 11.8 Å². The van der Waals surface area contributed by atoms with Gasteiger partial charge in [0.1, 0.15) is 5.75 Å². The van der Waals surface area contributed by atoms with Crippen molar-refractivity contribution >= 4 is 17.7 Å². The smallest absolute Gasteiger partial charge is 0.257 e. The molecule has 0 atom stereocenters. The molecule has 2 rings (SSSR count). The van der Waals surface area contributed by atoms with Gasteiger partial charge in [-0.05, 0) is 48.7 Å². The molecule has 0 saturated heterocycles. The minimum absolute atomic E-state index is 0.0183. The zero-order chi connectivity index (χ0) is 18.1. The molecule has 5 heteroatoms. The summed E-state index contributed by atoms with van der Waals surface area (Å²) in [4.78, 5) is 11.8. The molecule has 0 fully saturated rings. The van der Waals surface area contributed by atoms with E-state index < -0.39 is 0 Å². The molecule has 0 heterocycles. The van der Waals surface area contributed by atoms with E-state index in [0.29, 0.717) is 17.9 Å². The molecular weight excluding hydrogens is 332 g/mol. The number of thioether (sulfide) groups is 1. The van der Waals surface area contributed by atoms with Crippen LogP contribution in [-0.4, -0.2) is 24.8 Å². The summed E-state index contributed by atoms with van der Waals surface area (Å²) in [5.74, 6) is 2.13. The summed E-state index contributed by atoms with van der Waals surface area (Å²) < 4.78 is 5.51. The molecule has 0 unspecified atom stereocenters. The highest BCUT2D eigenvalue weighted by Crippen LogP contribution is 2.16. The molecule has 0 aliphatic carbocycles. The second kappa shape index (κ2) is 9.75. The number of benzene rings is 2. The van der Waals surface area contributed by atoms with E-state index in [2.05, 4.69) is 11.4 Å². The molecule has 0 spiro atoms. The molecule has 0 radical (unpaired) electrons. The van der Waals surface area contributed by atoms with E-state index in [0.717, 1.165) is 22.6 Å². The van der Waals surface area contributed by atoms with Gasteiger partial charge in [-0.25, -0.2) is 0 Å². The third-order valence-corrected chi connectivity index (χ3v) is 4.82. The Labute approximate surface area is 153 Å². The van der Waals surface area contributed by atoms with Crippen molar-refractivity contribution in [2.45, 2.75) is 19.6 Å². The second-order valence-electron chi connectivity index (χ2n) is 5.71. The van der Waals surface area contributed by atoms with Gasteiger partial charge in [-0.1, -0.05) is 24.3 Å². The van der Waals surface area contributed by atoms with Crippen LogP contribution in [0.15, 0.2) is 42.5 Å². The molecule has 4 nitrogen and oxygen atoms in total. The van der Waals surface area contributed by atoms with E-state index >= 15 is 0 Å². The van der Waals surface area contributed by atoms with E-state index in [1.165, 1.54) is 5.56 Å². The Balaban J connectivity index is 1.64. The molecule has 130 valence electrons. The number of hydrogen-bond donors (Lipinski definition) is 1. The predicted octanol–water partition coefficient (Wildman–Crippen LogP) is 3.60. The standard InChI is InChI=1S/C20H22N2O2S/c1-15-7-8-19(11-16(15)2)24-13-20(23)22-9-10-25-14-18-6-4-3-5-17(18)12-21/h3-8,11H,9-10,13-14H2,1-2H3,(H,22,23). The Morgan fingerprint density at radius 2 is 2.00 bits per heavy atom. The topological polar surface area (TPSA) is 62.1 Å². The van der Waals surface area contributed by atoms with Gasteiger partial charge < -0.3 is 10.1 Å². The Bertz CT molecular complexity index is 769. The number of nitrogens with zero attached hydrogens (tertiary/aromatic N) is 1. The number of aryl methyl sites for hydroxylation is 2. The minimum Gasteiger partial charge on any atom is -0.484 e. The molecule has 1 N–H and O–H groups in total. The third-order valence-electron chi connectivity index (χ3n) is 3.81.